The van der Waals surface area contributed by atoms with Crippen molar-refractivity contribution in [3.05, 3.63) is 174 Å². The maximum absolute atomic E-state index is 6.64. The lowest BCUT2D eigenvalue weighted by atomic mass is 9.73. The molecule has 2 aliphatic rings. The van der Waals surface area contributed by atoms with Crippen LogP contribution >= 0.6 is 0 Å². The molecule has 0 spiro atoms. The van der Waals surface area contributed by atoms with E-state index in [4.69, 9.17) is 4.42 Å². The summed E-state index contributed by atoms with van der Waals surface area (Å²) in [5, 5.41) is 4.79. The number of hydrogen-bond donors (Lipinski definition) is 0. The van der Waals surface area contributed by atoms with Crippen LogP contribution in [0.1, 0.15) is 56.0 Å². The first-order valence-corrected chi connectivity index (χ1v) is 18.4. The molecule has 1 atom stereocenters. The summed E-state index contributed by atoms with van der Waals surface area (Å²) in [4.78, 5) is 2.55. The lowest BCUT2D eigenvalue weighted by Crippen LogP contribution is -2.30. The zero-order valence-electron chi connectivity index (χ0n) is 29.8. The molecular weight excluding hydrogens is 633 g/mol. The van der Waals surface area contributed by atoms with E-state index in [1.807, 2.05) is 0 Å². The molecule has 7 aromatic carbocycles. The van der Waals surface area contributed by atoms with Gasteiger partial charge in [-0.05, 0) is 81.9 Å². The first kappa shape index (κ1) is 29.6. The Balaban J connectivity index is 1.07. The highest BCUT2D eigenvalue weighted by atomic mass is 16.3. The normalized spacial score (nSPS) is 16.9. The van der Waals surface area contributed by atoms with E-state index in [2.05, 4.69) is 189 Å². The molecule has 0 amide bonds. The zero-order valence-corrected chi connectivity index (χ0v) is 29.8. The third-order valence-electron chi connectivity index (χ3n) is 12.3. The number of furan rings is 1. The van der Waals surface area contributed by atoms with Crippen molar-refractivity contribution in [3.8, 4) is 16.8 Å². The molecule has 0 bridgehead atoms. The van der Waals surface area contributed by atoms with Gasteiger partial charge in [0.2, 0.25) is 0 Å². The molecule has 4 heterocycles. The van der Waals surface area contributed by atoms with E-state index < -0.39 is 0 Å². The van der Waals surface area contributed by atoms with E-state index in [1.165, 1.54) is 83.0 Å². The molecule has 3 heteroatoms. The van der Waals surface area contributed by atoms with Crippen LogP contribution in [-0.2, 0) is 10.8 Å². The second kappa shape index (κ2) is 10.3. The van der Waals surface area contributed by atoms with Crippen LogP contribution in [0, 0.1) is 0 Å². The summed E-state index contributed by atoms with van der Waals surface area (Å²) in [5.41, 5.74) is 15.6. The van der Waals surface area contributed by atoms with Crippen LogP contribution in [0.5, 0.6) is 0 Å². The maximum atomic E-state index is 6.64. The van der Waals surface area contributed by atoms with Gasteiger partial charge in [-0.3, -0.25) is 0 Å². The predicted octanol–water partition coefficient (Wildman–Crippen LogP) is 13.2. The van der Waals surface area contributed by atoms with Crippen LogP contribution in [0.25, 0.3) is 60.6 Å². The summed E-state index contributed by atoms with van der Waals surface area (Å²) in [5.74, 6) is 0. The number of hydrogen-bond acceptors (Lipinski definition) is 2. The second-order valence-electron chi connectivity index (χ2n) is 15.8. The van der Waals surface area contributed by atoms with Crippen LogP contribution in [0.4, 0.5) is 11.4 Å². The Hall–Kier alpha value is -6.06. The number of benzene rings is 7. The average Bonchev–Trinajstić information content (AvgIpc) is 3.80. The minimum absolute atomic E-state index is 0.0562. The summed E-state index contributed by atoms with van der Waals surface area (Å²) >= 11 is 0. The molecule has 250 valence electrons. The fourth-order valence-corrected chi connectivity index (χ4v) is 9.76. The quantitative estimate of drug-likeness (QED) is 0.187. The van der Waals surface area contributed by atoms with Gasteiger partial charge in [0.25, 0.3) is 0 Å². The van der Waals surface area contributed by atoms with Crippen molar-refractivity contribution in [2.24, 2.45) is 0 Å². The van der Waals surface area contributed by atoms with E-state index in [0.29, 0.717) is 0 Å². The Morgan fingerprint density at radius 2 is 1.23 bits per heavy atom. The van der Waals surface area contributed by atoms with Crippen molar-refractivity contribution < 1.29 is 4.42 Å². The van der Waals surface area contributed by atoms with Gasteiger partial charge in [0, 0.05) is 38.4 Å². The minimum atomic E-state index is -0.242. The highest BCUT2D eigenvalue weighted by Gasteiger charge is 2.46. The number of nitrogens with zero attached hydrogens (tertiary/aromatic N) is 2. The Labute approximate surface area is 303 Å². The molecule has 0 saturated carbocycles. The Bertz CT molecular complexity index is 2910. The molecule has 2 aromatic heterocycles. The largest absolute Gasteiger partial charge is 0.455 e. The summed E-state index contributed by atoms with van der Waals surface area (Å²) in [6, 6.07) is 56.0. The van der Waals surface area contributed by atoms with Gasteiger partial charge in [0.15, 0.2) is 0 Å². The fourth-order valence-electron chi connectivity index (χ4n) is 9.76. The zero-order chi connectivity index (χ0) is 34.9. The number of rotatable bonds is 3. The highest BCUT2D eigenvalue weighted by molar-refractivity contribution is 6.25. The van der Waals surface area contributed by atoms with Gasteiger partial charge in [0.05, 0.1) is 28.1 Å². The topological polar surface area (TPSA) is 21.3 Å². The van der Waals surface area contributed by atoms with Crippen molar-refractivity contribution in [2.75, 3.05) is 4.90 Å². The van der Waals surface area contributed by atoms with Crippen molar-refractivity contribution >= 4 is 55.1 Å². The molecule has 9 aromatic rings. The Morgan fingerprint density at radius 1 is 0.538 bits per heavy atom. The van der Waals surface area contributed by atoms with Gasteiger partial charge in [-0.15, -0.1) is 0 Å². The van der Waals surface area contributed by atoms with E-state index in [9.17, 15) is 0 Å². The van der Waals surface area contributed by atoms with Crippen LogP contribution in [0.15, 0.2) is 156 Å². The van der Waals surface area contributed by atoms with Crippen molar-refractivity contribution in [2.45, 2.75) is 44.6 Å². The standard InChI is InChI=1S/C49H38N2O/c1-48(2)38-28-32(30-22-25-33(26-23-30)50-41-20-12-10-18-37(41)49(3,4)47(50)31-14-6-5-7-15-31)24-27-42(38)51-40-19-11-8-17-35(40)44-45(51)39(48)29-36-34-16-9-13-21-43(34)52-46(36)44/h5-29,47H,1-4H3. The molecule has 3 nitrogen and oxygen atoms in total. The summed E-state index contributed by atoms with van der Waals surface area (Å²) in [6.07, 6.45) is 0. The van der Waals surface area contributed by atoms with Crippen molar-refractivity contribution in [3.63, 3.8) is 0 Å². The lowest BCUT2D eigenvalue weighted by molar-refractivity contribution is 0.449. The van der Waals surface area contributed by atoms with Crippen molar-refractivity contribution in [1.29, 1.82) is 0 Å². The molecule has 2 aliphatic heterocycles. The Morgan fingerprint density at radius 3 is 2.06 bits per heavy atom. The molecule has 52 heavy (non-hydrogen) atoms. The smallest absolute Gasteiger partial charge is 0.145 e. The third-order valence-corrected chi connectivity index (χ3v) is 12.3. The first-order chi connectivity index (χ1) is 25.3. The third kappa shape index (κ3) is 3.80. The summed E-state index contributed by atoms with van der Waals surface area (Å²) in [7, 11) is 0. The fraction of sp³-hybridized carbons (Fsp3) is 0.143. The van der Waals surface area contributed by atoms with Gasteiger partial charge >= 0.3 is 0 Å². The van der Waals surface area contributed by atoms with E-state index in [1.54, 1.807) is 0 Å². The number of para-hydroxylation sites is 3. The van der Waals surface area contributed by atoms with Crippen LogP contribution in [0.2, 0.25) is 0 Å². The maximum Gasteiger partial charge on any atom is 0.145 e. The molecular formula is C49H38N2O. The minimum Gasteiger partial charge on any atom is -0.455 e. The number of aromatic nitrogens is 1. The predicted molar refractivity (Wildman–Crippen MR) is 216 cm³/mol. The van der Waals surface area contributed by atoms with Crippen molar-refractivity contribution in [1.82, 2.24) is 4.57 Å². The molecule has 0 fully saturated rings. The highest BCUT2D eigenvalue weighted by Crippen LogP contribution is 2.56. The van der Waals surface area contributed by atoms with Gasteiger partial charge in [-0.25, -0.2) is 0 Å². The summed E-state index contributed by atoms with van der Waals surface area (Å²) in [6.45, 7) is 9.54. The first-order valence-electron chi connectivity index (χ1n) is 18.4. The van der Waals surface area contributed by atoms with Gasteiger partial charge in [-0.2, -0.15) is 0 Å². The second-order valence-corrected chi connectivity index (χ2v) is 15.8. The van der Waals surface area contributed by atoms with E-state index >= 15 is 0 Å². The molecule has 0 radical (unpaired) electrons. The van der Waals surface area contributed by atoms with E-state index in [0.717, 1.165) is 11.2 Å². The van der Waals surface area contributed by atoms with Crippen LogP contribution in [-0.4, -0.2) is 4.57 Å². The van der Waals surface area contributed by atoms with Gasteiger partial charge in [-0.1, -0.05) is 131 Å². The average molecular weight is 671 g/mol. The summed E-state index contributed by atoms with van der Waals surface area (Å²) < 4.78 is 9.12. The number of fused-ring (bicyclic) bond motifs is 10. The molecule has 0 aliphatic carbocycles. The molecule has 0 N–H and O–H groups in total. The monoisotopic (exact) mass is 670 g/mol. The molecule has 11 rings (SSSR count). The van der Waals surface area contributed by atoms with Gasteiger partial charge < -0.3 is 13.9 Å². The lowest BCUT2D eigenvalue weighted by Gasteiger charge is -2.35. The molecule has 0 saturated heterocycles. The number of anilines is 2. The molecule has 1 unspecified atom stereocenters. The Kier molecular flexibility index (Phi) is 5.85. The van der Waals surface area contributed by atoms with Gasteiger partial charge in [0.1, 0.15) is 11.2 Å². The van der Waals surface area contributed by atoms with E-state index in [-0.39, 0.29) is 16.9 Å². The SMILES string of the molecule is CC1(C)c2cc(-c3ccc(N4c5ccccc5C(C)(C)C4c4ccccc4)cc3)ccc2-n2c3ccccc3c3c4oc5ccccc5c4cc1c32. The van der Waals surface area contributed by atoms with Crippen LogP contribution < -0.4 is 4.90 Å². The van der Waals surface area contributed by atoms with Crippen LogP contribution in [0.3, 0.4) is 0 Å².